The van der Waals surface area contributed by atoms with Gasteiger partial charge in [0.25, 0.3) is 0 Å². The molecule has 2 aromatic carbocycles. The number of esters is 1. The van der Waals surface area contributed by atoms with Gasteiger partial charge in [-0.1, -0.05) is 28.1 Å². The Labute approximate surface area is 133 Å². The van der Waals surface area contributed by atoms with Crippen LogP contribution in [0.3, 0.4) is 0 Å². The van der Waals surface area contributed by atoms with Crippen LogP contribution in [0, 0.1) is 13.8 Å². The van der Waals surface area contributed by atoms with Gasteiger partial charge in [0, 0.05) is 11.4 Å². The fourth-order valence-corrected chi connectivity index (χ4v) is 2.59. The summed E-state index contributed by atoms with van der Waals surface area (Å²) in [5, 5.41) is 0. The molecule has 0 unspecified atom stereocenters. The second-order valence-corrected chi connectivity index (χ2v) is 5.81. The van der Waals surface area contributed by atoms with Crippen molar-refractivity contribution in [2.75, 3.05) is 0 Å². The highest BCUT2D eigenvalue weighted by Crippen LogP contribution is 2.29. The summed E-state index contributed by atoms with van der Waals surface area (Å²) in [6.45, 7) is 5.77. The molecule has 2 rings (SSSR count). The molecule has 0 heterocycles. The molecule has 0 amide bonds. The van der Waals surface area contributed by atoms with Crippen LogP contribution in [0.2, 0.25) is 0 Å². The van der Waals surface area contributed by atoms with Gasteiger partial charge in [0.05, 0.1) is 0 Å². The molecule has 0 aromatic heterocycles. The Hall–Kier alpha value is -1.81. The van der Waals surface area contributed by atoms with Crippen molar-refractivity contribution in [1.82, 2.24) is 0 Å². The highest BCUT2D eigenvalue weighted by molar-refractivity contribution is 9.10. The normalized spacial score (nSPS) is 10.3. The van der Waals surface area contributed by atoms with Gasteiger partial charge in [-0.25, -0.2) is 0 Å². The molecule has 0 saturated heterocycles. The number of carbonyl (C=O) groups is 1. The van der Waals surface area contributed by atoms with Crippen LogP contribution in [0.5, 0.6) is 11.5 Å². The molecular weight excluding hydrogens is 332 g/mol. The first-order valence-electron chi connectivity index (χ1n) is 6.62. The monoisotopic (exact) mass is 348 g/mol. The quantitative estimate of drug-likeness (QED) is 0.599. The lowest BCUT2D eigenvalue weighted by molar-refractivity contribution is -0.131. The van der Waals surface area contributed by atoms with Crippen molar-refractivity contribution in [1.29, 1.82) is 0 Å². The minimum Gasteiger partial charge on any atom is -0.488 e. The summed E-state index contributed by atoms with van der Waals surface area (Å²) in [7, 11) is 0. The average Bonchev–Trinajstić information content (AvgIpc) is 2.37. The summed E-state index contributed by atoms with van der Waals surface area (Å²) >= 11 is 3.45. The first-order valence-corrected chi connectivity index (χ1v) is 7.42. The molecule has 0 atom stereocenters. The van der Waals surface area contributed by atoms with Crippen LogP contribution in [0.4, 0.5) is 0 Å². The van der Waals surface area contributed by atoms with Crippen molar-refractivity contribution in [2.24, 2.45) is 0 Å². The van der Waals surface area contributed by atoms with Crippen LogP contribution in [0.1, 0.15) is 23.6 Å². The number of hydrogen-bond donors (Lipinski definition) is 0. The fraction of sp³-hybridized carbons (Fsp3) is 0.235. The SMILES string of the molecule is CC(=O)Oc1cc(C)c(OCc2cccc(Br)c2)c(C)c1. The second kappa shape index (κ2) is 6.76. The molecular formula is C17H17BrO3. The molecule has 110 valence electrons. The fourth-order valence-electron chi connectivity index (χ4n) is 2.15. The molecule has 0 aliphatic carbocycles. The van der Waals surface area contributed by atoms with E-state index in [0.717, 1.165) is 26.9 Å². The summed E-state index contributed by atoms with van der Waals surface area (Å²) in [4.78, 5) is 11.0. The third-order valence-electron chi connectivity index (χ3n) is 2.97. The van der Waals surface area contributed by atoms with Gasteiger partial charge in [-0.2, -0.15) is 0 Å². The number of carbonyl (C=O) groups excluding carboxylic acids is 1. The van der Waals surface area contributed by atoms with Crippen molar-refractivity contribution in [3.63, 3.8) is 0 Å². The van der Waals surface area contributed by atoms with Crippen molar-refractivity contribution in [3.8, 4) is 11.5 Å². The van der Waals surface area contributed by atoms with Crippen LogP contribution >= 0.6 is 15.9 Å². The molecule has 0 aliphatic heterocycles. The lowest BCUT2D eigenvalue weighted by Gasteiger charge is -2.14. The van der Waals surface area contributed by atoms with E-state index in [0.29, 0.717) is 12.4 Å². The number of benzene rings is 2. The van der Waals surface area contributed by atoms with Gasteiger partial charge in [-0.15, -0.1) is 0 Å². The third kappa shape index (κ3) is 4.33. The van der Waals surface area contributed by atoms with Gasteiger partial charge >= 0.3 is 5.97 Å². The van der Waals surface area contributed by atoms with E-state index < -0.39 is 0 Å². The van der Waals surface area contributed by atoms with E-state index in [2.05, 4.69) is 15.9 Å². The van der Waals surface area contributed by atoms with Crippen LogP contribution in [0.25, 0.3) is 0 Å². The predicted octanol–water partition coefficient (Wildman–Crippen LogP) is 4.57. The molecule has 0 bridgehead atoms. The molecule has 0 aliphatic rings. The zero-order chi connectivity index (χ0) is 15.4. The van der Waals surface area contributed by atoms with Crippen LogP contribution in [-0.4, -0.2) is 5.97 Å². The van der Waals surface area contributed by atoms with E-state index in [9.17, 15) is 4.79 Å². The molecule has 0 spiro atoms. The second-order valence-electron chi connectivity index (χ2n) is 4.90. The molecule has 0 N–H and O–H groups in total. The summed E-state index contributed by atoms with van der Waals surface area (Å²) in [5.74, 6) is 1.05. The summed E-state index contributed by atoms with van der Waals surface area (Å²) in [5.41, 5.74) is 2.98. The highest BCUT2D eigenvalue weighted by atomic mass is 79.9. The molecule has 21 heavy (non-hydrogen) atoms. The Morgan fingerprint density at radius 1 is 1.14 bits per heavy atom. The summed E-state index contributed by atoms with van der Waals surface area (Å²) < 4.78 is 12.0. The minimum atomic E-state index is -0.323. The van der Waals surface area contributed by atoms with Crippen molar-refractivity contribution >= 4 is 21.9 Å². The maximum Gasteiger partial charge on any atom is 0.308 e. The first-order chi connectivity index (χ1) is 9.95. The molecule has 0 radical (unpaired) electrons. The van der Waals surface area contributed by atoms with Gasteiger partial charge < -0.3 is 9.47 Å². The zero-order valence-corrected chi connectivity index (χ0v) is 13.9. The Balaban J connectivity index is 2.15. The number of aryl methyl sites for hydroxylation is 2. The number of ether oxygens (including phenoxy) is 2. The van der Waals surface area contributed by atoms with Crippen LogP contribution in [0.15, 0.2) is 40.9 Å². The zero-order valence-electron chi connectivity index (χ0n) is 12.3. The number of rotatable bonds is 4. The van der Waals surface area contributed by atoms with E-state index in [1.165, 1.54) is 6.92 Å². The first kappa shape index (κ1) is 15.6. The topological polar surface area (TPSA) is 35.5 Å². The number of halogens is 1. The van der Waals surface area contributed by atoms with Gasteiger partial charge in [0.15, 0.2) is 0 Å². The Bertz CT molecular complexity index is 642. The van der Waals surface area contributed by atoms with Gasteiger partial charge in [-0.3, -0.25) is 4.79 Å². The molecule has 2 aromatic rings. The van der Waals surface area contributed by atoms with Gasteiger partial charge in [-0.05, 0) is 54.8 Å². The standard InChI is InChI=1S/C17H17BrO3/c1-11-7-16(21-13(3)19)8-12(2)17(11)20-10-14-5-4-6-15(18)9-14/h4-9H,10H2,1-3H3. The minimum absolute atomic E-state index is 0.323. The smallest absolute Gasteiger partial charge is 0.308 e. The average molecular weight is 349 g/mol. The van der Waals surface area contributed by atoms with Crippen molar-refractivity contribution in [3.05, 3.63) is 57.6 Å². The lowest BCUT2D eigenvalue weighted by atomic mass is 10.1. The van der Waals surface area contributed by atoms with Crippen molar-refractivity contribution in [2.45, 2.75) is 27.4 Å². The Kier molecular flexibility index (Phi) is 5.02. The Morgan fingerprint density at radius 2 is 1.81 bits per heavy atom. The number of hydrogen-bond acceptors (Lipinski definition) is 3. The van der Waals surface area contributed by atoms with E-state index in [1.54, 1.807) is 0 Å². The Morgan fingerprint density at radius 3 is 2.38 bits per heavy atom. The summed E-state index contributed by atoms with van der Waals surface area (Å²) in [6, 6.07) is 11.6. The van der Waals surface area contributed by atoms with Gasteiger partial charge in [0.2, 0.25) is 0 Å². The van der Waals surface area contributed by atoms with Crippen LogP contribution in [-0.2, 0) is 11.4 Å². The summed E-state index contributed by atoms with van der Waals surface area (Å²) in [6.07, 6.45) is 0. The van der Waals surface area contributed by atoms with E-state index in [-0.39, 0.29) is 5.97 Å². The van der Waals surface area contributed by atoms with Gasteiger partial charge in [0.1, 0.15) is 18.1 Å². The maximum absolute atomic E-state index is 11.0. The third-order valence-corrected chi connectivity index (χ3v) is 3.46. The lowest BCUT2D eigenvalue weighted by Crippen LogP contribution is -2.03. The molecule has 3 nitrogen and oxygen atoms in total. The highest BCUT2D eigenvalue weighted by Gasteiger charge is 2.09. The van der Waals surface area contributed by atoms with Crippen molar-refractivity contribution < 1.29 is 14.3 Å². The maximum atomic E-state index is 11.0. The van der Waals surface area contributed by atoms with E-state index in [4.69, 9.17) is 9.47 Å². The predicted molar refractivity (Wildman–Crippen MR) is 85.7 cm³/mol. The van der Waals surface area contributed by atoms with E-state index in [1.807, 2.05) is 50.2 Å². The molecule has 0 saturated carbocycles. The van der Waals surface area contributed by atoms with Crippen LogP contribution < -0.4 is 9.47 Å². The largest absolute Gasteiger partial charge is 0.488 e. The molecule has 0 fully saturated rings. The molecule has 4 heteroatoms. The van der Waals surface area contributed by atoms with E-state index >= 15 is 0 Å².